The highest BCUT2D eigenvalue weighted by atomic mass is 16.3. The highest BCUT2D eigenvalue weighted by molar-refractivity contribution is 5.94. The van der Waals surface area contributed by atoms with Gasteiger partial charge in [0.15, 0.2) is 0 Å². The van der Waals surface area contributed by atoms with Gasteiger partial charge in [-0.2, -0.15) is 0 Å². The van der Waals surface area contributed by atoms with E-state index in [0.29, 0.717) is 18.7 Å². The molecule has 1 atom stereocenters. The van der Waals surface area contributed by atoms with Crippen molar-refractivity contribution < 1.29 is 9.90 Å². The number of nitrogens with two attached hydrogens (primary N) is 1. The van der Waals surface area contributed by atoms with Crippen molar-refractivity contribution >= 4 is 5.91 Å². The molecular weight excluding hydrogens is 276 g/mol. The van der Waals surface area contributed by atoms with E-state index >= 15 is 0 Å². The van der Waals surface area contributed by atoms with Gasteiger partial charge in [0.05, 0.1) is 6.61 Å². The van der Waals surface area contributed by atoms with E-state index in [1.54, 1.807) is 18.2 Å². The van der Waals surface area contributed by atoms with Crippen molar-refractivity contribution in [1.29, 1.82) is 0 Å². The minimum atomic E-state index is -0.0652. The minimum absolute atomic E-state index is 0.0141. The van der Waals surface area contributed by atoms with Crippen LogP contribution in [0.2, 0.25) is 0 Å². The number of amides is 1. The van der Waals surface area contributed by atoms with Crippen LogP contribution in [0.3, 0.4) is 0 Å². The van der Waals surface area contributed by atoms with E-state index in [9.17, 15) is 9.90 Å². The number of rotatable bonds is 3. The molecule has 4 heteroatoms. The van der Waals surface area contributed by atoms with Gasteiger partial charge < -0.3 is 15.7 Å². The minimum Gasteiger partial charge on any atom is -0.392 e. The topological polar surface area (TPSA) is 66.6 Å². The normalized spacial score (nSPS) is 17.2. The Labute approximate surface area is 130 Å². The first-order chi connectivity index (χ1) is 10.7. The highest BCUT2D eigenvalue weighted by Gasteiger charge is 2.29. The van der Waals surface area contributed by atoms with Crippen LogP contribution >= 0.6 is 0 Å². The standard InChI is InChI=1S/C18H20N2O2/c19-10-17-9-14-5-1-2-6-16(14)11-20(17)18(22)15-7-3-4-13(8-15)12-21/h1-8,17,21H,9-12,19H2/t17-/m0/s1. The summed E-state index contributed by atoms with van der Waals surface area (Å²) < 4.78 is 0. The molecule has 0 bridgehead atoms. The van der Waals surface area contributed by atoms with E-state index < -0.39 is 0 Å². The molecule has 1 aliphatic heterocycles. The Morgan fingerprint density at radius 2 is 1.95 bits per heavy atom. The summed E-state index contributed by atoms with van der Waals surface area (Å²) in [5.74, 6) is -0.0275. The van der Waals surface area contributed by atoms with E-state index in [1.165, 1.54) is 11.1 Å². The van der Waals surface area contributed by atoms with Gasteiger partial charge in [0.2, 0.25) is 0 Å². The van der Waals surface area contributed by atoms with Crippen LogP contribution in [0.4, 0.5) is 0 Å². The van der Waals surface area contributed by atoms with Crippen LogP contribution in [-0.2, 0) is 19.6 Å². The molecule has 0 spiro atoms. The van der Waals surface area contributed by atoms with Crippen LogP contribution in [0.25, 0.3) is 0 Å². The SMILES string of the molecule is NC[C@@H]1Cc2ccccc2CN1C(=O)c1cccc(CO)c1. The second-order valence-electron chi connectivity index (χ2n) is 5.65. The van der Waals surface area contributed by atoms with Crippen molar-refractivity contribution in [3.8, 4) is 0 Å². The van der Waals surface area contributed by atoms with Crippen LogP contribution in [0.15, 0.2) is 48.5 Å². The van der Waals surface area contributed by atoms with Crippen molar-refractivity contribution in [2.45, 2.75) is 25.6 Å². The van der Waals surface area contributed by atoms with Gasteiger partial charge in [-0.1, -0.05) is 36.4 Å². The number of hydrogen-bond acceptors (Lipinski definition) is 3. The molecule has 1 amide bonds. The lowest BCUT2D eigenvalue weighted by Gasteiger charge is -2.36. The van der Waals surface area contributed by atoms with Gasteiger partial charge in [0, 0.05) is 24.7 Å². The summed E-state index contributed by atoms with van der Waals surface area (Å²) in [5.41, 5.74) is 9.68. The van der Waals surface area contributed by atoms with E-state index in [4.69, 9.17) is 5.73 Å². The summed E-state index contributed by atoms with van der Waals surface area (Å²) in [4.78, 5) is 14.7. The second-order valence-corrected chi connectivity index (χ2v) is 5.65. The molecule has 0 fully saturated rings. The van der Waals surface area contributed by atoms with Gasteiger partial charge >= 0.3 is 0 Å². The predicted octanol–water partition coefficient (Wildman–Crippen LogP) is 1.70. The molecule has 0 saturated heterocycles. The number of fused-ring (bicyclic) bond motifs is 1. The van der Waals surface area contributed by atoms with Gasteiger partial charge in [-0.15, -0.1) is 0 Å². The third-order valence-electron chi connectivity index (χ3n) is 4.24. The third-order valence-corrected chi connectivity index (χ3v) is 4.24. The van der Waals surface area contributed by atoms with Gasteiger partial charge in [-0.3, -0.25) is 4.79 Å². The molecule has 0 unspecified atom stereocenters. The first-order valence-corrected chi connectivity index (χ1v) is 7.50. The number of benzene rings is 2. The molecular formula is C18H20N2O2. The van der Waals surface area contributed by atoms with E-state index in [0.717, 1.165) is 12.0 Å². The summed E-state index contributed by atoms with van der Waals surface area (Å²) in [6.07, 6.45) is 0.790. The van der Waals surface area contributed by atoms with Gasteiger partial charge in [0.1, 0.15) is 0 Å². The summed E-state index contributed by atoms with van der Waals surface area (Å²) >= 11 is 0. The maximum absolute atomic E-state index is 12.8. The molecule has 4 nitrogen and oxygen atoms in total. The number of aliphatic hydroxyl groups is 1. The fourth-order valence-electron chi connectivity index (χ4n) is 3.00. The summed E-state index contributed by atoms with van der Waals surface area (Å²) in [5, 5.41) is 9.24. The predicted molar refractivity (Wildman–Crippen MR) is 85.2 cm³/mol. The second kappa shape index (κ2) is 6.30. The van der Waals surface area contributed by atoms with Crippen molar-refractivity contribution in [1.82, 2.24) is 4.90 Å². The quantitative estimate of drug-likeness (QED) is 0.906. The molecule has 0 aromatic heterocycles. The van der Waals surface area contributed by atoms with Crippen molar-refractivity contribution in [3.63, 3.8) is 0 Å². The Balaban J connectivity index is 1.90. The first kappa shape index (κ1) is 14.8. The molecule has 0 radical (unpaired) electrons. The highest BCUT2D eigenvalue weighted by Crippen LogP contribution is 2.24. The molecule has 3 rings (SSSR count). The summed E-state index contributed by atoms with van der Waals surface area (Å²) in [6, 6.07) is 15.3. The molecule has 22 heavy (non-hydrogen) atoms. The Hall–Kier alpha value is -2.17. The number of hydrogen-bond donors (Lipinski definition) is 2. The zero-order valence-corrected chi connectivity index (χ0v) is 12.4. The average Bonchev–Trinajstić information content (AvgIpc) is 2.59. The van der Waals surface area contributed by atoms with Crippen molar-refractivity contribution in [2.24, 2.45) is 5.73 Å². The number of aliphatic hydroxyl groups excluding tert-OH is 1. The smallest absolute Gasteiger partial charge is 0.254 e. The van der Waals surface area contributed by atoms with Crippen molar-refractivity contribution in [3.05, 3.63) is 70.8 Å². The van der Waals surface area contributed by atoms with Gasteiger partial charge in [0.25, 0.3) is 5.91 Å². The molecule has 114 valence electrons. The van der Waals surface area contributed by atoms with Crippen LogP contribution in [0.5, 0.6) is 0 Å². The average molecular weight is 296 g/mol. The zero-order chi connectivity index (χ0) is 15.5. The van der Waals surface area contributed by atoms with E-state index in [-0.39, 0.29) is 18.6 Å². The maximum atomic E-state index is 12.8. The van der Waals surface area contributed by atoms with Gasteiger partial charge in [-0.05, 0) is 35.2 Å². The zero-order valence-electron chi connectivity index (χ0n) is 12.4. The molecule has 1 aliphatic rings. The molecule has 0 aliphatic carbocycles. The molecule has 1 heterocycles. The van der Waals surface area contributed by atoms with Crippen LogP contribution in [-0.4, -0.2) is 28.5 Å². The molecule has 3 N–H and O–H groups in total. The molecule has 2 aromatic rings. The fraction of sp³-hybridized carbons (Fsp3) is 0.278. The lowest BCUT2D eigenvalue weighted by atomic mass is 9.93. The number of carbonyl (C=O) groups is 1. The van der Waals surface area contributed by atoms with Crippen molar-refractivity contribution in [2.75, 3.05) is 6.54 Å². The Kier molecular flexibility index (Phi) is 4.22. The monoisotopic (exact) mass is 296 g/mol. The van der Waals surface area contributed by atoms with E-state index in [1.807, 2.05) is 23.1 Å². The maximum Gasteiger partial charge on any atom is 0.254 e. The third kappa shape index (κ3) is 2.75. The summed E-state index contributed by atoms with van der Waals surface area (Å²) in [6.45, 7) is 0.963. The number of nitrogens with zero attached hydrogens (tertiary/aromatic N) is 1. The first-order valence-electron chi connectivity index (χ1n) is 7.50. The Bertz CT molecular complexity index is 684. The molecule has 2 aromatic carbocycles. The van der Waals surface area contributed by atoms with E-state index in [2.05, 4.69) is 12.1 Å². The lowest BCUT2D eigenvalue weighted by molar-refractivity contribution is 0.0647. The van der Waals surface area contributed by atoms with Gasteiger partial charge in [-0.25, -0.2) is 0 Å². The Morgan fingerprint density at radius 1 is 1.18 bits per heavy atom. The van der Waals surface area contributed by atoms with Crippen LogP contribution in [0, 0.1) is 0 Å². The van der Waals surface area contributed by atoms with Crippen LogP contribution in [0.1, 0.15) is 27.0 Å². The Morgan fingerprint density at radius 3 is 2.68 bits per heavy atom. The van der Waals surface area contributed by atoms with Crippen LogP contribution < -0.4 is 5.73 Å². The largest absolute Gasteiger partial charge is 0.392 e. The molecule has 0 saturated carbocycles. The fourth-order valence-corrected chi connectivity index (χ4v) is 3.00. The number of carbonyl (C=O) groups excluding carboxylic acids is 1. The lowest BCUT2D eigenvalue weighted by Crippen LogP contribution is -2.48. The summed E-state index contributed by atoms with van der Waals surface area (Å²) in [7, 11) is 0.